The van der Waals surface area contributed by atoms with Crippen LogP contribution in [0.25, 0.3) is 0 Å². The fraction of sp³-hybridized carbons (Fsp3) is 0.300. The molecule has 0 atom stereocenters. The molecular formula is C20H25ClN4O. The van der Waals surface area contributed by atoms with Crippen LogP contribution in [0.15, 0.2) is 59.6 Å². The number of halogens is 1. The molecule has 0 bridgehead atoms. The topological polar surface area (TPSA) is 56.7 Å². The highest BCUT2D eigenvalue weighted by Crippen LogP contribution is 2.10. The van der Waals surface area contributed by atoms with E-state index in [1.165, 1.54) is 0 Å². The first-order valence-electron chi connectivity index (χ1n) is 8.55. The Bertz CT molecular complexity index is 732. The number of nitrogens with zero attached hydrogens (tertiary/aromatic N) is 2. The summed E-state index contributed by atoms with van der Waals surface area (Å²) in [5, 5.41) is 7.10. The lowest BCUT2D eigenvalue weighted by molar-refractivity contribution is -0.127. The van der Waals surface area contributed by atoms with Gasteiger partial charge in [-0.3, -0.25) is 4.79 Å². The Balaban J connectivity index is 1.93. The van der Waals surface area contributed by atoms with E-state index in [2.05, 4.69) is 15.6 Å². The van der Waals surface area contributed by atoms with Crippen molar-refractivity contribution >= 4 is 23.5 Å². The minimum Gasteiger partial charge on any atom is -0.356 e. The Morgan fingerprint density at radius 1 is 1.04 bits per heavy atom. The van der Waals surface area contributed by atoms with E-state index < -0.39 is 0 Å². The second kappa shape index (κ2) is 10.5. The van der Waals surface area contributed by atoms with Crippen molar-refractivity contribution < 1.29 is 4.79 Å². The summed E-state index contributed by atoms with van der Waals surface area (Å²) in [5.41, 5.74) is 2.26. The zero-order valence-corrected chi connectivity index (χ0v) is 16.0. The van der Waals surface area contributed by atoms with Gasteiger partial charge in [-0.05, 0) is 29.7 Å². The van der Waals surface area contributed by atoms with Gasteiger partial charge in [-0.1, -0.05) is 54.1 Å². The van der Waals surface area contributed by atoms with Gasteiger partial charge < -0.3 is 15.5 Å². The van der Waals surface area contributed by atoms with Crippen molar-refractivity contribution in [3.63, 3.8) is 0 Å². The molecule has 0 saturated carbocycles. The number of hydrogen-bond donors (Lipinski definition) is 2. The largest absolute Gasteiger partial charge is 0.356 e. The summed E-state index contributed by atoms with van der Waals surface area (Å²) in [6.45, 7) is 1.44. The molecule has 5 nitrogen and oxygen atoms in total. The van der Waals surface area contributed by atoms with Gasteiger partial charge in [0.1, 0.15) is 0 Å². The number of likely N-dealkylation sites (N-methyl/N-ethyl adjacent to an activating group) is 1. The second-order valence-corrected chi connectivity index (χ2v) is 6.54. The first-order valence-corrected chi connectivity index (χ1v) is 8.93. The Morgan fingerprint density at radius 3 is 2.46 bits per heavy atom. The van der Waals surface area contributed by atoms with Crippen LogP contribution >= 0.6 is 11.6 Å². The van der Waals surface area contributed by atoms with Gasteiger partial charge in [0, 0.05) is 25.7 Å². The van der Waals surface area contributed by atoms with Gasteiger partial charge >= 0.3 is 0 Å². The molecule has 6 heteroatoms. The molecular weight excluding hydrogens is 348 g/mol. The molecule has 138 valence electrons. The van der Waals surface area contributed by atoms with Crippen molar-refractivity contribution in [2.24, 2.45) is 4.99 Å². The van der Waals surface area contributed by atoms with Gasteiger partial charge in [-0.15, -0.1) is 0 Å². The quantitative estimate of drug-likeness (QED) is 0.580. The van der Waals surface area contributed by atoms with Gasteiger partial charge in [-0.25, -0.2) is 4.99 Å². The standard InChI is InChI=1S/C20H25ClN4O/c1-25(2)19(26)15-24-20(23-14-17-7-4-3-5-8-17)22-12-11-16-9-6-10-18(21)13-16/h3-10,13H,11-12,14-15H2,1-2H3,(H2,22,23,24). The number of carbonyl (C=O) groups is 1. The number of aliphatic imine (C=N–C) groups is 1. The third-order valence-electron chi connectivity index (χ3n) is 3.76. The minimum absolute atomic E-state index is 0.00551. The van der Waals surface area contributed by atoms with Crippen LogP contribution in [0.4, 0.5) is 0 Å². The van der Waals surface area contributed by atoms with Crippen LogP contribution in [0, 0.1) is 0 Å². The minimum atomic E-state index is -0.00551. The molecule has 1 amide bonds. The van der Waals surface area contributed by atoms with Crippen LogP contribution in [0.2, 0.25) is 5.02 Å². The molecule has 2 N–H and O–H groups in total. The SMILES string of the molecule is CN(C)C(=O)CNC(=NCc1ccccc1)NCCc1cccc(Cl)c1. The highest BCUT2D eigenvalue weighted by molar-refractivity contribution is 6.30. The lowest BCUT2D eigenvalue weighted by Crippen LogP contribution is -2.43. The van der Waals surface area contributed by atoms with Crippen molar-refractivity contribution in [3.05, 3.63) is 70.7 Å². The zero-order valence-electron chi connectivity index (χ0n) is 15.2. The lowest BCUT2D eigenvalue weighted by atomic mass is 10.1. The average Bonchev–Trinajstić information content (AvgIpc) is 2.64. The van der Waals surface area contributed by atoms with E-state index in [4.69, 9.17) is 11.6 Å². The highest BCUT2D eigenvalue weighted by Gasteiger charge is 2.06. The molecule has 0 aliphatic rings. The normalized spacial score (nSPS) is 11.1. The Kier molecular flexibility index (Phi) is 7.96. The third kappa shape index (κ3) is 7.15. The molecule has 0 spiro atoms. The third-order valence-corrected chi connectivity index (χ3v) is 4.00. The average molecular weight is 373 g/mol. The molecule has 0 unspecified atom stereocenters. The molecule has 0 fully saturated rings. The molecule has 0 aliphatic carbocycles. The monoisotopic (exact) mass is 372 g/mol. The van der Waals surface area contributed by atoms with Crippen LogP contribution in [-0.4, -0.2) is 44.0 Å². The lowest BCUT2D eigenvalue weighted by Gasteiger charge is -2.15. The number of nitrogens with one attached hydrogen (secondary N) is 2. The molecule has 0 aromatic heterocycles. The molecule has 0 radical (unpaired) electrons. The maximum atomic E-state index is 11.8. The van der Waals surface area contributed by atoms with Gasteiger partial charge in [0.05, 0.1) is 13.1 Å². The van der Waals surface area contributed by atoms with Gasteiger partial charge in [0.25, 0.3) is 0 Å². The van der Waals surface area contributed by atoms with E-state index in [-0.39, 0.29) is 12.5 Å². The van der Waals surface area contributed by atoms with E-state index in [9.17, 15) is 4.79 Å². The smallest absolute Gasteiger partial charge is 0.241 e. The number of amides is 1. The summed E-state index contributed by atoms with van der Waals surface area (Å²) in [6, 6.07) is 17.8. The van der Waals surface area contributed by atoms with E-state index in [0.29, 0.717) is 19.0 Å². The van der Waals surface area contributed by atoms with Crippen molar-refractivity contribution in [1.29, 1.82) is 0 Å². The molecule has 26 heavy (non-hydrogen) atoms. The Labute approximate surface area is 160 Å². The van der Waals surface area contributed by atoms with Crippen LogP contribution in [-0.2, 0) is 17.8 Å². The molecule has 0 saturated heterocycles. The van der Waals surface area contributed by atoms with Crippen LogP contribution in [0.1, 0.15) is 11.1 Å². The summed E-state index contributed by atoms with van der Waals surface area (Å²) in [5.74, 6) is 0.611. The van der Waals surface area contributed by atoms with Gasteiger partial charge in [0.15, 0.2) is 5.96 Å². The Hall–Kier alpha value is -2.53. The van der Waals surface area contributed by atoms with Crippen LogP contribution in [0.5, 0.6) is 0 Å². The predicted octanol–water partition coefficient (Wildman–Crippen LogP) is 2.71. The van der Waals surface area contributed by atoms with E-state index >= 15 is 0 Å². The molecule has 0 heterocycles. The zero-order chi connectivity index (χ0) is 18.8. The number of guanidine groups is 1. The summed E-state index contributed by atoms with van der Waals surface area (Å²) in [4.78, 5) is 17.9. The van der Waals surface area contributed by atoms with Crippen molar-refractivity contribution in [2.75, 3.05) is 27.2 Å². The first-order chi connectivity index (χ1) is 12.5. The summed E-state index contributed by atoms with van der Waals surface area (Å²) >= 11 is 6.02. The van der Waals surface area contributed by atoms with Crippen molar-refractivity contribution in [3.8, 4) is 0 Å². The van der Waals surface area contributed by atoms with E-state index in [1.54, 1.807) is 19.0 Å². The number of rotatable bonds is 7. The first kappa shape index (κ1) is 19.8. The molecule has 2 rings (SSSR count). The van der Waals surface area contributed by atoms with E-state index in [1.807, 2.05) is 54.6 Å². The maximum absolute atomic E-state index is 11.8. The number of benzene rings is 2. The van der Waals surface area contributed by atoms with Crippen molar-refractivity contribution in [1.82, 2.24) is 15.5 Å². The molecule has 2 aromatic rings. The maximum Gasteiger partial charge on any atom is 0.241 e. The van der Waals surface area contributed by atoms with Crippen LogP contribution < -0.4 is 10.6 Å². The second-order valence-electron chi connectivity index (χ2n) is 6.10. The Morgan fingerprint density at radius 2 is 1.77 bits per heavy atom. The number of hydrogen-bond acceptors (Lipinski definition) is 2. The number of carbonyl (C=O) groups excluding carboxylic acids is 1. The molecule has 2 aromatic carbocycles. The van der Waals surface area contributed by atoms with E-state index in [0.717, 1.165) is 22.6 Å². The van der Waals surface area contributed by atoms with Gasteiger partial charge in [-0.2, -0.15) is 0 Å². The van der Waals surface area contributed by atoms with Crippen LogP contribution in [0.3, 0.4) is 0 Å². The van der Waals surface area contributed by atoms with Crippen molar-refractivity contribution in [2.45, 2.75) is 13.0 Å². The predicted molar refractivity (Wildman–Crippen MR) is 107 cm³/mol. The van der Waals surface area contributed by atoms with Gasteiger partial charge in [0.2, 0.25) is 5.91 Å². The highest BCUT2D eigenvalue weighted by atomic mass is 35.5. The summed E-state index contributed by atoms with van der Waals surface area (Å²) in [7, 11) is 3.47. The fourth-order valence-electron chi connectivity index (χ4n) is 2.26. The summed E-state index contributed by atoms with van der Waals surface area (Å²) < 4.78 is 0. The molecule has 0 aliphatic heterocycles. The summed E-state index contributed by atoms with van der Waals surface area (Å²) in [6.07, 6.45) is 0.814. The fourth-order valence-corrected chi connectivity index (χ4v) is 2.48.